The Labute approximate surface area is 85.1 Å². The van der Waals surface area contributed by atoms with E-state index >= 15 is 0 Å². The Morgan fingerprint density at radius 3 is 2.57 bits per heavy atom. The Morgan fingerprint density at radius 2 is 2.21 bits per heavy atom. The number of aliphatic carboxylic acids is 1. The van der Waals surface area contributed by atoms with Crippen LogP contribution in [0.4, 0.5) is 0 Å². The Bertz CT molecular complexity index is 212. The number of carbonyl (C=O) groups is 1. The van der Waals surface area contributed by atoms with Crippen molar-refractivity contribution in [1.82, 2.24) is 4.90 Å². The van der Waals surface area contributed by atoms with Crippen molar-refractivity contribution in [1.29, 1.82) is 0 Å². The maximum absolute atomic E-state index is 10.8. The molecule has 14 heavy (non-hydrogen) atoms. The summed E-state index contributed by atoms with van der Waals surface area (Å²) in [7, 11) is 1.94. The Morgan fingerprint density at radius 1 is 1.64 bits per heavy atom. The molecule has 0 aromatic rings. The summed E-state index contributed by atoms with van der Waals surface area (Å²) in [5.74, 6) is -0.178. The number of likely N-dealkylation sites (N-methyl/N-ethyl adjacent to an activating group) is 1. The van der Waals surface area contributed by atoms with Crippen molar-refractivity contribution in [2.75, 3.05) is 20.1 Å². The van der Waals surface area contributed by atoms with E-state index in [1.165, 1.54) is 19.3 Å². The van der Waals surface area contributed by atoms with Gasteiger partial charge in [-0.15, -0.1) is 0 Å². The van der Waals surface area contributed by atoms with E-state index in [4.69, 9.17) is 10.8 Å². The SMILES string of the molecule is CN(CC1CCC1)CC(C)(N)C(=O)O. The Hall–Kier alpha value is -0.610. The van der Waals surface area contributed by atoms with Gasteiger partial charge >= 0.3 is 5.97 Å². The van der Waals surface area contributed by atoms with Gasteiger partial charge in [0.1, 0.15) is 5.54 Å². The van der Waals surface area contributed by atoms with Crippen molar-refractivity contribution in [3.05, 3.63) is 0 Å². The second-order valence-corrected chi connectivity index (χ2v) is 4.72. The standard InChI is InChI=1S/C10H20N2O2/c1-10(11,9(13)14)7-12(2)6-8-4-3-5-8/h8H,3-7,11H2,1-2H3,(H,13,14). The summed E-state index contributed by atoms with van der Waals surface area (Å²) in [6.07, 6.45) is 3.87. The van der Waals surface area contributed by atoms with E-state index in [0.29, 0.717) is 6.54 Å². The fourth-order valence-electron chi connectivity index (χ4n) is 1.81. The minimum absolute atomic E-state index is 0.416. The van der Waals surface area contributed by atoms with Gasteiger partial charge in [0, 0.05) is 13.1 Å². The van der Waals surface area contributed by atoms with Crippen LogP contribution >= 0.6 is 0 Å². The molecule has 0 radical (unpaired) electrons. The average Bonchev–Trinajstić information content (AvgIpc) is 1.96. The molecule has 0 aliphatic heterocycles. The van der Waals surface area contributed by atoms with Gasteiger partial charge in [-0.3, -0.25) is 4.79 Å². The molecule has 1 aliphatic rings. The third-order valence-electron chi connectivity index (χ3n) is 2.88. The molecule has 1 aliphatic carbocycles. The minimum Gasteiger partial charge on any atom is -0.480 e. The van der Waals surface area contributed by atoms with Crippen molar-refractivity contribution in [3.63, 3.8) is 0 Å². The highest BCUT2D eigenvalue weighted by atomic mass is 16.4. The van der Waals surface area contributed by atoms with E-state index < -0.39 is 11.5 Å². The van der Waals surface area contributed by atoms with Gasteiger partial charge in [0.25, 0.3) is 0 Å². The van der Waals surface area contributed by atoms with Crippen molar-refractivity contribution in [2.45, 2.75) is 31.7 Å². The molecule has 0 amide bonds. The van der Waals surface area contributed by atoms with Gasteiger partial charge in [-0.05, 0) is 32.7 Å². The number of nitrogens with two attached hydrogens (primary N) is 1. The molecule has 1 rings (SSSR count). The molecule has 4 heteroatoms. The molecule has 3 N–H and O–H groups in total. The zero-order chi connectivity index (χ0) is 10.8. The lowest BCUT2D eigenvalue weighted by atomic mass is 9.85. The quantitative estimate of drug-likeness (QED) is 0.679. The smallest absolute Gasteiger partial charge is 0.324 e. The summed E-state index contributed by atoms with van der Waals surface area (Å²) in [6, 6.07) is 0. The molecule has 4 nitrogen and oxygen atoms in total. The number of carboxylic acid groups (broad SMARTS) is 1. The molecule has 1 fully saturated rings. The third kappa shape index (κ3) is 2.96. The molecular formula is C10H20N2O2. The van der Waals surface area contributed by atoms with E-state index in [2.05, 4.69) is 0 Å². The zero-order valence-electron chi connectivity index (χ0n) is 8.99. The normalized spacial score (nSPS) is 21.7. The molecule has 0 saturated heterocycles. The first-order chi connectivity index (χ1) is 6.42. The summed E-state index contributed by atoms with van der Waals surface area (Å²) in [5, 5.41) is 8.84. The van der Waals surface area contributed by atoms with Crippen LogP contribution in [0.3, 0.4) is 0 Å². The highest BCUT2D eigenvalue weighted by Crippen LogP contribution is 2.26. The van der Waals surface area contributed by atoms with Crippen LogP contribution < -0.4 is 5.73 Å². The second-order valence-electron chi connectivity index (χ2n) is 4.72. The van der Waals surface area contributed by atoms with Gasteiger partial charge in [-0.1, -0.05) is 6.42 Å². The average molecular weight is 200 g/mol. The summed E-state index contributed by atoms with van der Waals surface area (Å²) in [5.41, 5.74) is 4.53. The van der Waals surface area contributed by atoms with Crippen LogP contribution in [0.15, 0.2) is 0 Å². The second kappa shape index (κ2) is 4.28. The lowest BCUT2D eigenvalue weighted by molar-refractivity contribution is -0.143. The lowest BCUT2D eigenvalue weighted by Gasteiger charge is -2.33. The first-order valence-corrected chi connectivity index (χ1v) is 5.12. The van der Waals surface area contributed by atoms with Gasteiger partial charge < -0.3 is 15.7 Å². The Balaban J connectivity index is 2.30. The predicted molar refractivity (Wildman–Crippen MR) is 55.1 cm³/mol. The van der Waals surface area contributed by atoms with Gasteiger partial charge in [0.05, 0.1) is 0 Å². The number of rotatable bonds is 5. The topological polar surface area (TPSA) is 66.6 Å². The van der Waals surface area contributed by atoms with E-state index in [0.717, 1.165) is 12.5 Å². The van der Waals surface area contributed by atoms with E-state index in [9.17, 15) is 4.79 Å². The van der Waals surface area contributed by atoms with Crippen LogP contribution in [0, 0.1) is 5.92 Å². The van der Waals surface area contributed by atoms with E-state index in [1.807, 2.05) is 11.9 Å². The van der Waals surface area contributed by atoms with Gasteiger partial charge in [-0.25, -0.2) is 0 Å². The highest BCUT2D eigenvalue weighted by molar-refractivity contribution is 5.78. The monoisotopic (exact) mass is 200 g/mol. The summed E-state index contributed by atoms with van der Waals surface area (Å²) in [4.78, 5) is 12.8. The minimum atomic E-state index is -1.13. The number of carboxylic acids is 1. The largest absolute Gasteiger partial charge is 0.480 e. The molecular weight excluding hydrogens is 180 g/mol. The summed E-state index contributed by atoms with van der Waals surface area (Å²) in [6.45, 7) is 2.95. The fourth-order valence-corrected chi connectivity index (χ4v) is 1.81. The van der Waals surface area contributed by atoms with Crippen LogP contribution in [-0.4, -0.2) is 41.7 Å². The molecule has 0 bridgehead atoms. The van der Waals surface area contributed by atoms with Gasteiger partial charge in [0.15, 0.2) is 0 Å². The van der Waals surface area contributed by atoms with Crippen LogP contribution in [0.2, 0.25) is 0 Å². The molecule has 1 atom stereocenters. The Kier molecular flexibility index (Phi) is 3.50. The summed E-state index contributed by atoms with van der Waals surface area (Å²) < 4.78 is 0. The molecule has 0 heterocycles. The molecule has 1 saturated carbocycles. The fraction of sp³-hybridized carbons (Fsp3) is 0.900. The molecule has 1 unspecified atom stereocenters. The first kappa shape index (κ1) is 11.5. The predicted octanol–water partition coefficient (Wildman–Crippen LogP) is 0.520. The third-order valence-corrected chi connectivity index (χ3v) is 2.88. The summed E-state index contributed by atoms with van der Waals surface area (Å²) >= 11 is 0. The van der Waals surface area contributed by atoms with Crippen molar-refractivity contribution < 1.29 is 9.90 Å². The maximum Gasteiger partial charge on any atom is 0.324 e. The molecule has 0 aromatic carbocycles. The van der Waals surface area contributed by atoms with Crippen LogP contribution in [0.1, 0.15) is 26.2 Å². The molecule has 0 aromatic heterocycles. The number of nitrogens with zero attached hydrogens (tertiary/aromatic N) is 1. The van der Waals surface area contributed by atoms with Crippen LogP contribution in [0.5, 0.6) is 0 Å². The van der Waals surface area contributed by atoms with Crippen LogP contribution in [-0.2, 0) is 4.79 Å². The highest BCUT2D eigenvalue weighted by Gasteiger charge is 2.30. The van der Waals surface area contributed by atoms with Crippen LogP contribution in [0.25, 0.3) is 0 Å². The van der Waals surface area contributed by atoms with E-state index in [1.54, 1.807) is 6.92 Å². The van der Waals surface area contributed by atoms with E-state index in [-0.39, 0.29) is 0 Å². The molecule has 0 spiro atoms. The van der Waals surface area contributed by atoms with Gasteiger partial charge in [-0.2, -0.15) is 0 Å². The number of hydrogen-bond acceptors (Lipinski definition) is 3. The first-order valence-electron chi connectivity index (χ1n) is 5.12. The van der Waals surface area contributed by atoms with Crippen molar-refractivity contribution in [3.8, 4) is 0 Å². The van der Waals surface area contributed by atoms with Crippen molar-refractivity contribution >= 4 is 5.97 Å². The maximum atomic E-state index is 10.8. The molecule has 82 valence electrons. The lowest BCUT2D eigenvalue weighted by Crippen LogP contribution is -2.53. The zero-order valence-corrected chi connectivity index (χ0v) is 8.99. The number of hydrogen-bond donors (Lipinski definition) is 2. The van der Waals surface area contributed by atoms with Crippen molar-refractivity contribution in [2.24, 2.45) is 11.7 Å². The van der Waals surface area contributed by atoms with Gasteiger partial charge in [0.2, 0.25) is 0 Å².